The minimum absolute atomic E-state index is 0.854. The molecule has 0 aliphatic heterocycles. The fraction of sp³-hybridized carbons (Fsp3) is 0.188. The predicted molar refractivity (Wildman–Crippen MR) is 76.4 cm³/mol. The van der Waals surface area contributed by atoms with Crippen LogP contribution >= 0.6 is 0 Å². The summed E-state index contributed by atoms with van der Waals surface area (Å²) >= 11 is 0. The van der Waals surface area contributed by atoms with E-state index in [9.17, 15) is 0 Å². The first-order valence-electron chi connectivity index (χ1n) is 5.87. The van der Waals surface area contributed by atoms with Crippen LogP contribution in [0.1, 0.15) is 25.3 Å². The van der Waals surface area contributed by atoms with Gasteiger partial charge in [-0.25, -0.2) is 0 Å². The highest BCUT2D eigenvalue weighted by molar-refractivity contribution is 5.80. The Balaban J connectivity index is 2.73. The number of allylic oxidation sites excluding steroid dienone is 3. The van der Waals surface area contributed by atoms with E-state index < -0.39 is 0 Å². The van der Waals surface area contributed by atoms with Crippen LogP contribution in [0.5, 0.6) is 0 Å². The van der Waals surface area contributed by atoms with Crippen molar-refractivity contribution in [1.29, 1.82) is 0 Å². The van der Waals surface area contributed by atoms with Gasteiger partial charge in [0.25, 0.3) is 0 Å². The summed E-state index contributed by atoms with van der Waals surface area (Å²) in [6.45, 7) is 9.89. The summed E-state index contributed by atoms with van der Waals surface area (Å²) in [5.74, 6) is 0. The molecule has 0 atom stereocenters. The molecule has 0 amide bonds. The summed E-state index contributed by atoms with van der Waals surface area (Å²) in [5.41, 5.74) is 3.03. The average Bonchev–Trinajstić information content (AvgIpc) is 2.36. The minimum Gasteiger partial charge on any atom is -0.256 e. The van der Waals surface area contributed by atoms with E-state index in [0.717, 1.165) is 29.7 Å². The summed E-state index contributed by atoms with van der Waals surface area (Å²) in [6.07, 6.45) is 7.67. The predicted octanol–water partition coefficient (Wildman–Crippen LogP) is 4.53. The molecule has 1 aromatic carbocycles. The Kier molecular flexibility index (Phi) is 5.73. The third-order valence-corrected chi connectivity index (χ3v) is 2.29. The first kappa shape index (κ1) is 13.2. The van der Waals surface area contributed by atoms with Gasteiger partial charge in [0.15, 0.2) is 0 Å². The van der Waals surface area contributed by atoms with E-state index in [1.54, 1.807) is 6.08 Å². The van der Waals surface area contributed by atoms with Crippen LogP contribution < -0.4 is 0 Å². The molecule has 0 fully saturated rings. The zero-order valence-corrected chi connectivity index (χ0v) is 10.4. The van der Waals surface area contributed by atoms with Gasteiger partial charge in [-0.1, -0.05) is 62.4 Å². The Labute approximate surface area is 104 Å². The van der Waals surface area contributed by atoms with Crippen LogP contribution in [0.15, 0.2) is 71.9 Å². The van der Waals surface area contributed by atoms with Crippen LogP contribution in [-0.2, 0) is 0 Å². The Bertz CT molecular complexity index is 424. The standard InChI is InChI=1S/C16H19N/c1-4-9-14(3)12-16(5-2)17-13-15-10-7-6-8-11-15/h5-8,10-13H,2-4,9H2,1H3/b16-12+,17-13?. The normalized spacial score (nSPS) is 11.7. The largest absolute Gasteiger partial charge is 0.256 e. The van der Waals surface area contributed by atoms with Crippen LogP contribution in [0.4, 0.5) is 0 Å². The van der Waals surface area contributed by atoms with Gasteiger partial charge in [0.1, 0.15) is 0 Å². The van der Waals surface area contributed by atoms with E-state index in [1.165, 1.54) is 0 Å². The highest BCUT2D eigenvalue weighted by Gasteiger charge is 1.91. The number of hydrogen-bond donors (Lipinski definition) is 0. The van der Waals surface area contributed by atoms with Gasteiger partial charge in [0.05, 0.1) is 5.70 Å². The molecule has 0 aliphatic carbocycles. The van der Waals surface area contributed by atoms with E-state index in [2.05, 4.69) is 25.1 Å². The van der Waals surface area contributed by atoms with E-state index in [4.69, 9.17) is 0 Å². The summed E-state index contributed by atoms with van der Waals surface area (Å²) in [4.78, 5) is 4.39. The Morgan fingerprint density at radius 2 is 2.00 bits per heavy atom. The first-order valence-corrected chi connectivity index (χ1v) is 5.87. The van der Waals surface area contributed by atoms with E-state index in [1.807, 2.05) is 42.6 Å². The van der Waals surface area contributed by atoms with Gasteiger partial charge in [-0.3, -0.25) is 4.99 Å². The number of aliphatic imine (C=N–C) groups is 1. The molecule has 1 rings (SSSR count). The van der Waals surface area contributed by atoms with Crippen molar-refractivity contribution < 1.29 is 0 Å². The van der Waals surface area contributed by atoms with Gasteiger partial charge in [0.2, 0.25) is 0 Å². The van der Waals surface area contributed by atoms with Gasteiger partial charge in [-0.2, -0.15) is 0 Å². The van der Waals surface area contributed by atoms with Crippen molar-refractivity contribution in [3.63, 3.8) is 0 Å². The second kappa shape index (κ2) is 7.39. The molecule has 0 bridgehead atoms. The Hall–Kier alpha value is -1.89. The quantitative estimate of drug-likeness (QED) is 0.498. The van der Waals surface area contributed by atoms with Gasteiger partial charge >= 0.3 is 0 Å². The van der Waals surface area contributed by atoms with E-state index in [0.29, 0.717) is 0 Å². The van der Waals surface area contributed by atoms with Crippen molar-refractivity contribution in [2.75, 3.05) is 0 Å². The lowest BCUT2D eigenvalue weighted by Crippen LogP contribution is -1.82. The third-order valence-electron chi connectivity index (χ3n) is 2.29. The lowest BCUT2D eigenvalue weighted by Gasteiger charge is -1.98. The highest BCUT2D eigenvalue weighted by Crippen LogP contribution is 2.09. The van der Waals surface area contributed by atoms with E-state index in [-0.39, 0.29) is 0 Å². The van der Waals surface area contributed by atoms with Crippen molar-refractivity contribution in [2.24, 2.45) is 4.99 Å². The van der Waals surface area contributed by atoms with Crippen LogP contribution in [0.3, 0.4) is 0 Å². The topological polar surface area (TPSA) is 12.4 Å². The Morgan fingerprint density at radius 3 is 2.59 bits per heavy atom. The van der Waals surface area contributed by atoms with Crippen molar-refractivity contribution in [1.82, 2.24) is 0 Å². The smallest absolute Gasteiger partial charge is 0.0626 e. The molecule has 0 radical (unpaired) electrons. The summed E-state index contributed by atoms with van der Waals surface area (Å²) < 4.78 is 0. The van der Waals surface area contributed by atoms with Gasteiger partial charge < -0.3 is 0 Å². The van der Waals surface area contributed by atoms with E-state index >= 15 is 0 Å². The molecule has 0 heterocycles. The molecule has 0 N–H and O–H groups in total. The van der Waals surface area contributed by atoms with Crippen molar-refractivity contribution in [3.05, 3.63) is 72.5 Å². The minimum atomic E-state index is 0.854. The van der Waals surface area contributed by atoms with Gasteiger partial charge in [-0.15, -0.1) is 0 Å². The first-order chi connectivity index (χ1) is 8.26. The fourth-order valence-electron chi connectivity index (χ4n) is 1.44. The van der Waals surface area contributed by atoms with Crippen LogP contribution in [0.25, 0.3) is 0 Å². The molecule has 0 aromatic heterocycles. The summed E-state index contributed by atoms with van der Waals surface area (Å²) in [6, 6.07) is 10.0. The molecule has 0 unspecified atom stereocenters. The number of nitrogens with zero attached hydrogens (tertiary/aromatic N) is 1. The second-order valence-corrected chi connectivity index (χ2v) is 3.85. The number of rotatable bonds is 6. The highest BCUT2D eigenvalue weighted by atomic mass is 14.7. The van der Waals surface area contributed by atoms with Crippen molar-refractivity contribution in [2.45, 2.75) is 19.8 Å². The molecule has 0 saturated carbocycles. The molecular weight excluding hydrogens is 206 g/mol. The van der Waals surface area contributed by atoms with Crippen molar-refractivity contribution in [3.8, 4) is 0 Å². The molecule has 0 spiro atoms. The second-order valence-electron chi connectivity index (χ2n) is 3.85. The lowest BCUT2D eigenvalue weighted by atomic mass is 10.1. The molecule has 1 nitrogen and oxygen atoms in total. The maximum absolute atomic E-state index is 4.39. The summed E-state index contributed by atoms with van der Waals surface area (Å²) in [7, 11) is 0. The molecule has 0 saturated heterocycles. The monoisotopic (exact) mass is 225 g/mol. The lowest BCUT2D eigenvalue weighted by molar-refractivity contribution is 0.928. The van der Waals surface area contributed by atoms with Crippen LogP contribution in [0.2, 0.25) is 0 Å². The number of benzene rings is 1. The maximum atomic E-state index is 4.39. The third kappa shape index (κ3) is 5.12. The molecular formula is C16H19N. The molecule has 17 heavy (non-hydrogen) atoms. The van der Waals surface area contributed by atoms with Crippen LogP contribution in [-0.4, -0.2) is 6.21 Å². The zero-order valence-electron chi connectivity index (χ0n) is 10.4. The van der Waals surface area contributed by atoms with Crippen LogP contribution in [0, 0.1) is 0 Å². The van der Waals surface area contributed by atoms with Crippen molar-refractivity contribution >= 4 is 6.21 Å². The average molecular weight is 225 g/mol. The SMILES string of the molecule is C=C/C(=C\C(=C)CCC)N=Cc1ccccc1. The molecule has 88 valence electrons. The zero-order chi connectivity index (χ0) is 12.5. The molecule has 1 aromatic rings. The fourth-order valence-corrected chi connectivity index (χ4v) is 1.44. The molecule has 1 heteroatoms. The Morgan fingerprint density at radius 1 is 1.29 bits per heavy atom. The summed E-state index contributed by atoms with van der Waals surface area (Å²) in [5, 5.41) is 0. The van der Waals surface area contributed by atoms with Gasteiger partial charge in [-0.05, 0) is 24.1 Å². The molecule has 0 aliphatic rings. The number of hydrogen-bond acceptors (Lipinski definition) is 1. The van der Waals surface area contributed by atoms with Gasteiger partial charge in [0, 0.05) is 6.21 Å². The maximum Gasteiger partial charge on any atom is 0.0626 e.